The fraction of sp³-hybridized carbons (Fsp3) is 0.450. The van der Waals surface area contributed by atoms with Gasteiger partial charge >= 0.3 is 12.2 Å². The summed E-state index contributed by atoms with van der Waals surface area (Å²) in [4.78, 5) is 22.3. The molecule has 2 amide bonds. The van der Waals surface area contributed by atoms with Gasteiger partial charge in [0, 0.05) is 49.5 Å². The fourth-order valence-electron chi connectivity index (χ4n) is 3.91. The smallest absolute Gasteiger partial charge is 0.351 e. The molecule has 2 aliphatic heterocycles. The molecule has 1 fully saturated rings. The quantitative estimate of drug-likeness (QED) is 0.710. The predicted octanol–water partition coefficient (Wildman–Crippen LogP) is 3.23. The van der Waals surface area contributed by atoms with E-state index in [-0.39, 0.29) is 24.2 Å². The lowest BCUT2D eigenvalue weighted by molar-refractivity contribution is -0.137. The van der Waals surface area contributed by atoms with Crippen LogP contribution in [-0.2, 0) is 12.7 Å². The van der Waals surface area contributed by atoms with E-state index in [4.69, 9.17) is 0 Å². The van der Waals surface area contributed by atoms with E-state index in [1.807, 2.05) is 18.7 Å². The van der Waals surface area contributed by atoms with Crippen molar-refractivity contribution < 1.29 is 18.0 Å². The number of alkyl halides is 3. The molecule has 4 heterocycles. The number of halogens is 3. The molecule has 3 N–H and O–H groups in total. The maximum atomic E-state index is 13.7. The molecular weight excluding hydrogens is 397 g/mol. The maximum absolute atomic E-state index is 13.7. The van der Waals surface area contributed by atoms with E-state index < -0.39 is 17.8 Å². The first kappa shape index (κ1) is 20.4. The van der Waals surface area contributed by atoms with Crippen molar-refractivity contribution in [3.8, 4) is 11.3 Å². The predicted molar refractivity (Wildman–Crippen MR) is 107 cm³/mol. The third-order valence-electron chi connectivity index (χ3n) is 5.48. The molecule has 160 valence electrons. The number of nitrogens with zero attached hydrogens (tertiary/aromatic N) is 3. The highest BCUT2D eigenvalue weighted by molar-refractivity contribution is 5.92. The lowest BCUT2D eigenvalue weighted by atomic mass is 9.99. The van der Waals surface area contributed by atoms with Crippen molar-refractivity contribution in [1.29, 1.82) is 0 Å². The number of aromatic nitrogens is 2. The first-order valence-electron chi connectivity index (χ1n) is 9.84. The molecule has 0 aromatic carbocycles. The van der Waals surface area contributed by atoms with Gasteiger partial charge in [0.05, 0.1) is 11.3 Å². The number of carbonyl (C=O) groups is 1. The number of amides is 2. The SMILES string of the molecule is CC(C)C1CNCCN1c1cc(C(F)(F)F)cc(-c2ccnc3c2CNC(=O)N3)n1. The highest BCUT2D eigenvalue weighted by atomic mass is 19.4. The van der Waals surface area contributed by atoms with Gasteiger partial charge in [-0.3, -0.25) is 5.32 Å². The van der Waals surface area contributed by atoms with Gasteiger partial charge in [-0.15, -0.1) is 0 Å². The van der Waals surface area contributed by atoms with Gasteiger partial charge < -0.3 is 15.5 Å². The van der Waals surface area contributed by atoms with Crippen molar-refractivity contribution in [1.82, 2.24) is 20.6 Å². The minimum Gasteiger partial charge on any atom is -0.351 e. The zero-order valence-electron chi connectivity index (χ0n) is 16.7. The molecule has 2 aliphatic rings. The second-order valence-electron chi connectivity index (χ2n) is 7.80. The molecule has 2 aromatic rings. The molecule has 0 radical (unpaired) electrons. The molecule has 10 heteroatoms. The Morgan fingerprint density at radius 2 is 2.07 bits per heavy atom. The molecule has 7 nitrogen and oxygen atoms in total. The van der Waals surface area contributed by atoms with Crippen LogP contribution in [0.25, 0.3) is 11.3 Å². The van der Waals surface area contributed by atoms with Gasteiger partial charge in [-0.05, 0) is 24.1 Å². The van der Waals surface area contributed by atoms with Gasteiger partial charge in [-0.2, -0.15) is 13.2 Å². The monoisotopic (exact) mass is 420 g/mol. The first-order valence-corrected chi connectivity index (χ1v) is 9.84. The minimum atomic E-state index is -4.51. The molecule has 4 rings (SSSR count). The summed E-state index contributed by atoms with van der Waals surface area (Å²) in [5, 5.41) is 8.52. The van der Waals surface area contributed by atoms with Crippen molar-refractivity contribution in [2.75, 3.05) is 29.9 Å². The van der Waals surface area contributed by atoms with Gasteiger partial charge in [-0.1, -0.05) is 13.8 Å². The van der Waals surface area contributed by atoms with Gasteiger partial charge in [0.2, 0.25) is 0 Å². The average molecular weight is 420 g/mol. The number of hydrogen-bond donors (Lipinski definition) is 3. The first-order chi connectivity index (χ1) is 14.2. The van der Waals surface area contributed by atoms with Gasteiger partial charge in [0.1, 0.15) is 11.6 Å². The second kappa shape index (κ2) is 7.75. The summed E-state index contributed by atoms with van der Waals surface area (Å²) >= 11 is 0. The Labute approximate surface area is 172 Å². The number of nitrogens with one attached hydrogen (secondary N) is 3. The van der Waals surface area contributed by atoms with E-state index in [2.05, 4.69) is 25.9 Å². The number of anilines is 2. The molecular formula is C20H23F3N6O. The average Bonchev–Trinajstić information content (AvgIpc) is 2.72. The van der Waals surface area contributed by atoms with E-state index in [1.165, 1.54) is 6.20 Å². The number of carbonyl (C=O) groups excluding carboxylic acids is 1. The van der Waals surface area contributed by atoms with Crippen LogP contribution < -0.4 is 20.9 Å². The summed E-state index contributed by atoms with van der Waals surface area (Å²) < 4.78 is 41.2. The van der Waals surface area contributed by atoms with Crippen molar-refractivity contribution in [3.05, 3.63) is 35.5 Å². The van der Waals surface area contributed by atoms with Crippen molar-refractivity contribution in [3.63, 3.8) is 0 Å². The highest BCUT2D eigenvalue weighted by Crippen LogP contribution is 2.37. The van der Waals surface area contributed by atoms with Crippen LogP contribution in [0, 0.1) is 5.92 Å². The molecule has 1 saturated heterocycles. The van der Waals surface area contributed by atoms with E-state index in [9.17, 15) is 18.0 Å². The topological polar surface area (TPSA) is 82.2 Å². The Morgan fingerprint density at radius 3 is 2.80 bits per heavy atom. The Bertz CT molecular complexity index is 962. The van der Waals surface area contributed by atoms with E-state index in [0.717, 1.165) is 12.1 Å². The van der Waals surface area contributed by atoms with E-state index >= 15 is 0 Å². The van der Waals surface area contributed by atoms with Gasteiger partial charge in [-0.25, -0.2) is 14.8 Å². The number of fused-ring (bicyclic) bond motifs is 1. The van der Waals surface area contributed by atoms with Crippen molar-refractivity contribution >= 4 is 17.7 Å². The standard InChI is InChI=1S/C20H23F3N6O/c1-11(2)16-10-24-5-6-29(16)17-8-12(20(21,22)23)7-15(27-17)13-3-4-25-18-14(13)9-26-19(30)28-18/h3-4,7-8,11,16,24H,5-6,9-10H2,1-2H3,(H2,25,26,28,30). The zero-order chi connectivity index (χ0) is 21.5. The van der Waals surface area contributed by atoms with Gasteiger partial charge in [0.25, 0.3) is 0 Å². The second-order valence-corrected chi connectivity index (χ2v) is 7.80. The summed E-state index contributed by atoms with van der Waals surface area (Å²) in [7, 11) is 0. The summed E-state index contributed by atoms with van der Waals surface area (Å²) in [6.45, 7) is 6.20. The Morgan fingerprint density at radius 1 is 1.27 bits per heavy atom. The molecule has 30 heavy (non-hydrogen) atoms. The number of piperazine rings is 1. The highest BCUT2D eigenvalue weighted by Gasteiger charge is 2.34. The van der Waals surface area contributed by atoms with Crippen LogP contribution in [-0.4, -0.2) is 41.7 Å². The summed E-state index contributed by atoms with van der Waals surface area (Å²) in [6, 6.07) is 3.45. The number of hydrogen-bond acceptors (Lipinski definition) is 5. The van der Waals surface area contributed by atoms with Crippen LogP contribution in [0.2, 0.25) is 0 Å². The minimum absolute atomic E-state index is 0.0369. The molecule has 1 unspecified atom stereocenters. The normalized spacial score (nSPS) is 19.3. The molecule has 0 spiro atoms. The third kappa shape index (κ3) is 3.91. The molecule has 1 atom stereocenters. The Hall–Kier alpha value is -2.88. The van der Waals surface area contributed by atoms with Crippen molar-refractivity contribution in [2.45, 2.75) is 32.6 Å². The van der Waals surface area contributed by atoms with Crippen LogP contribution in [0.5, 0.6) is 0 Å². The zero-order valence-corrected chi connectivity index (χ0v) is 16.7. The Kier molecular flexibility index (Phi) is 5.27. The number of rotatable bonds is 3. The summed E-state index contributed by atoms with van der Waals surface area (Å²) in [5.41, 5.74) is 0.575. The molecule has 0 aliphatic carbocycles. The van der Waals surface area contributed by atoms with Crippen LogP contribution in [0.3, 0.4) is 0 Å². The van der Waals surface area contributed by atoms with Crippen LogP contribution in [0.4, 0.5) is 29.6 Å². The van der Waals surface area contributed by atoms with Crippen LogP contribution in [0.15, 0.2) is 24.4 Å². The third-order valence-corrected chi connectivity index (χ3v) is 5.48. The van der Waals surface area contributed by atoms with Crippen LogP contribution >= 0.6 is 0 Å². The largest absolute Gasteiger partial charge is 0.416 e. The molecule has 2 aromatic heterocycles. The van der Waals surface area contributed by atoms with E-state index in [1.54, 1.807) is 6.07 Å². The van der Waals surface area contributed by atoms with E-state index in [0.29, 0.717) is 42.4 Å². The molecule has 0 bridgehead atoms. The lowest BCUT2D eigenvalue weighted by Gasteiger charge is -2.40. The summed E-state index contributed by atoms with van der Waals surface area (Å²) in [6.07, 6.45) is -3.05. The Balaban J connectivity index is 1.85. The van der Waals surface area contributed by atoms with Crippen LogP contribution in [0.1, 0.15) is 25.0 Å². The maximum Gasteiger partial charge on any atom is 0.416 e. The lowest BCUT2D eigenvalue weighted by Crippen LogP contribution is -2.54. The fourth-order valence-corrected chi connectivity index (χ4v) is 3.91. The summed E-state index contributed by atoms with van der Waals surface area (Å²) in [5.74, 6) is 0.878. The number of urea groups is 1. The van der Waals surface area contributed by atoms with Crippen molar-refractivity contribution in [2.24, 2.45) is 5.92 Å². The number of pyridine rings is 2. The van der Waals surface area contributed by atoms with Gasteiger partial charge in [0.15, 0.2) is 0 Å². The molecule has 0 saturated carbocycles.